The van der Waals surface area contributed by atoms with E-state index in [-0.39, 0.29) is 17.4 Å². The van der Waals surface area contributed by atoms with E-state index in [2.05, 4.69) is 10.2 Å². The van der Waals surface area contributed by atoms with Crippen LogP contribution in [0.4, 0.5) is 0 Å². The molecule has 1 saturated carbocycles. The highest BCUT2D eigenvalue weighted by atomic mass is 16.5. The van der Waals surface area contributed by atoms with Crippen molar-refractivity contribution in [3.05, 3.63) is 35.9 Å². The second-order valence-corrected chi connectivity index (χ2v) is 7.95. The SMILES string of the molecule is NC(CC(=O)NCC1(CN2CCOCC2)CCCCC1)c1ccccc1. The van der Waals surface area contributed by atoms with E-state index in [1.54, 1.807) is 0 Å². The number of carbonyl (C=O) groups excluding carboxylic acids is 1. The van der Waals surface area contributed by atoms with E-state index >= 15 is 0 Å². The Labute approximate surface area is 157 Å². The maximum absolute atomic E-state index is 12.5. The van der Waals surface area contributed by atoms with Crippen LogP contribution in [0.25, 0.3) is 0 Å². The van der Waals surface area contributed by atoms with Crippen molar-refractivity contribution in [1.82, 2.24) is 10.2 Å². The topological polar surface area (TPSA) is 67.6 Å². The molecule has 1 atom stereocenters. The van der Waals surface area contributed by atoms with Gasteiger partial charge in [0.2, 0.25) is 5.91 Å². The van der Waals surface area contributed by atoms with Gasteiger partial charge >= 0.3 is 0 Å². The monoisotopic (exact) mass is 359 g/mol. The minimum atomic E-state index is -0.238. The van der Waals surface area contributed by atoms with Gasteiger partial charge in [-0.3, -0.25) is 9.69 Å². The largest absolute Gasteiger partial charge is 0.379 e. The highest BCUT2D eigenvalue weighted by Gasteiger charge is 2.34. The van der Waals surface area contributed by atoms with Gasteiger partial charge in [-0.2, -0.15) is 0 Å². The summed E-state index contributed by atoms with van der Waals surface area (Å²) in [6.07, 6.45) is 6.60. The third kappa shape index (κ3) is 5.53. The zero-order valence-electron chi connectivity index (χ0n) is 15.8. The molecule has 1 aromatic carbocycles. The predicted octanol–water partition coefficient (Wildman–Crippen LogP) is 2.48. The first-order chi connectivity index (χ1) is 12.7. The second-order valence-electron chi connectivity index (χ2n) is 7.95. The summed E-state index contributed by atoms with van der Waals surface area (Å²) in [7, 11) is 0. The minimum Gasteiger partial charge on any atom is -0.379 e. The Kier molecular flexibility index (Phi) is 7.06. The molecular weight excluding hydrogens is 326 g/mol. The van der Waals surface area contributed by atoms with Crippen LogP contribution in [0.2, 0.25) is 0 Å². The van der Waals surface area contributed by atoms with E-state index in [1.165, 1.54) is 32.1 Å². The first-order valence-corrected chi connectivity index (χ1v) is 10.0. The van der Waals surface area contributed by atoms with Crippen LogP contribution in [0.5, 0.6) is 0 Å². The summed E-state index contributed by atoms with van der Waals surface area (Å²) < 4.78 is 5.48. The van der Waals surface area contributed by atoms with Gasteiger partial charge in [-0.15, -0.1) is 0 Å². The molecule has 1 amide bonds. The van der Waals surface area contributed by atoms with Crippen LogP contribution in [0.15, 0.2) is 30.3 Å². The fourth-order valence-electron chi connectivity index (χ4n) is 4.30. The van der Waals surface area contributed by atoms with Gasteiger partial charge in [0.15, 0.2) is 0 Å². The highest BCUT2D eigenvalue weighted by Crippen LogP contribution is 2.36. The Bertz CT molecular complexity index is 552. The van der Waals surface area contributed by atoms with Crippen molar-refractivity contribution in [2.24, 2.45) is 11.1 Å². The lowest BCUT2D eigenvalue weighted by Crippen LogP contribution is -2.49. The van der Waals surface area contributed by atoms with Gasteiger partial charge in [-0.05, 0) is 18.4 Å². The van der Waals surface area contributed by atoms with E-state index < -0.39 is 0 Å². The molecule has 1 aromatic rings. The van der Waals surface area contributed by atoms with Crippen LogP contribution in [-0.2, 0) is 9.53 Å². The summed E-state index contributed by atoms with van der Waals surface area (Å²) in [5, 5.41) is 3.21. The van der Waals surface area contributed by atoms with Gasteiger partial charge in [0.1, 0.15) is 0 Å². The maximum atomic E-state index is 12.5. The molecule has 3 rings (SSSR count). The molecule has 26 heavy (non-hydrogen) atoms. The fraction of sp³-hybridized carbons (Fsp3) is 0.667. The zero-order valence-corrected chi connectivity index (χ0v) is 15.8. The number of morpholine rings is 1. The number of ether oxygens (including phenoxy) is 1. The zero-order chi connectivity index (χ0) is 18.2. The number of amides is 1. The van der Waals surface area contributed by atoms with E-state index in [0.717, 1.165) is 45.0 Å². The third-order valence-electron chi connectivity index (χ3n) is 5.87. The molecule has 0 radical (unpaired) electrons. The van der Waals surface area contributed by atoms with E-state index in [1.807, 2.05) is 30.3 Å². The number of hydrogen-bond acceptors (Lipinski definition) is 4. The lowest BCUT2D eigenvalue weighted by atomic mass is 9.73. The van der Waals surface area contributed by atoms with Crippen LogP contribution >= 0.6 is 0 Å². The van der Waals surface area contributed by atoms with E-state index in [0.29, 0.717) is 6.42 Å². The van der Waals surface area contributed by atoms with Crippen molar-refractivity contribution < 1.29 is 9.53 Å². The highest BCUT2D eigenvalue weighted by molar-refractivity contribution is 5.76. The summed E-state index contributed by atoms with van der Waals surface area (Å²) in [6.45, 7) is 5.51. The van der Waals surface area contributed by atoms with Crippen LogP contribution in [0.1, 0.15) is 50.1 Å². The van der Waals surface area contributed by atoms with Gasteiger partial charge < -0.3 is 15.8 Å². The van der Waals surface area contributed by atoms with Crippen LogP contribution in [0, 0.1) is 5.41 Å². The van der Waals surface area contributed by atoms with Crippen molar-refractivity contribution in [3.63, 3.8) is 0 Å². The number of nitrogens with one attached hydrogen (secondary N) is 1. The molecule has 1 aliphatic carbocycles. The molecule has 1 saturated heterocycles. The van der Waals surface area contributed by atoms with Gasteiger partial charge in [0, 0.05) is 44.1 Å². The van der Waals surface area contributed by atoms with Gasteiger partial charge in [0.05, 0.1) is 13.2 Å². The molecule has 0 aromatic heterocycles. The molecule has 2 fully saturated rings. The summed E-state index contributed by atoms with van der Waals surface area (Å²) in [5.74, 6) is 0.0632. The lowest BCUT2D eigenvalue weighted by Gasteiger charge is -2.42. The molecule has 3 N–H and O–H groups in total. The molecule has 5 heteroatoms. The lowest BCUT2D eigenvalue weighted by molar-refractivity contribution is -0.122. The van der Waals surface area contributed by atoms with Crippen molar-refractivity contribution in [2.45, 2.75) is 44.6 Å². The predicted molar refractivity (Wildman–Crippen MR) is 104 cm³/mol. The van der Waals surface area contributed by atoms with Gasteiger partial charge in [-0.1, -0.05) is 49.6 Å². The normalized spacial score (nSPS) is 21.9. The summed E-state index contributed by atoms with van der Waals surface area (Å²) >= 11 is 0. The number of nitrogens with zero attached hydrogens (tertiary/aromatic N) is 1. The van der Waals surface area contributed by atoms with Crippen molar-refractivity contribution >= 4 is 5.91 Å². The molecule has 1 heterocycles. The average molecular weight is 360 g/mol. The van der Waals surface area contributed by atoms with Crippen molar-refractivity contribution in [1.29, 1.82) is 0 Å². The second kappa shape index (κ2) is 9.49. The number of hydrogen-bond donors (Lipinski definition) is 2. The Balaban J connectivity index is 1.52. The number of carbonyl (C=O) groups is 1. The van der Waals surface area contributed by atoms with Crippen molar-refractivity contribution in [2.75, 3.05) is 39.4 Å². The molecule has 1 aliphatic heterocycles. The number of benzene rings is 1. The van der Waals surface area contributed by atoms with E-state index in [4.69, 9.17) is 10.5 Å². The number of rotatable bonds is 7. The Morgan fingerprint density at radius 3 is 2.54 bits per heavy atom. The van der Waals surface area contributed by atoms with Crippen LogP contribution < -0.4 is 11.1 Å². The Morgan fingerprint density at radius 2 is 1.85 bits per heavy atom. The smallest absolute Gasteiger partial charge is 0.221 e. The molecule has 0 bridgehead atoms. The summed E-state index contributed by atoms with van der Waals surface area (Å²) in [6, 6.07) is 9.63. The van der Waals surface area contributed by atoms with Crippen molar-refractivity contribution in [3.8, 4) is 0 Å². The van der Waals surface area contributed by atoms with E-state index in [9.17, 15) is 4.79 Å². The molecule has 0 spiro atoms. The quantitative estimate of drug-likeness (QED) is 0.785. The third-order valence-corrected chi connectivity index (χ3v) is 5.87. The molecule has 5 nitrogen and oxygen atoms in total. The Hall–Kier alpha value is -1.43. The maximum Gasteiger partial charge on any atom is 0.221 e. The minimum absolute atomic E-state index is 0.0632. The summed E-state index contributed by atoms with van der Waals surface area (Å²) in [5.41, 5.74) is 7.43. The standard InChI is InChI=1S/C21H33N3O2/c22-19(18-7-3-1-4-8-18)15-20(25)23-16-21(9-5-2-6-10-21)17-24-11-13-26-14-12-24/h1,3-4,7-8,19H,2,5-6,9-17,22H2,(H,23,25). The fourth-order valence-corrected chi connectivity index (χ4v) is 4.30. The summed E-state index contributed by atoms with van der Waals surface area (Å²) in [4.78, 5) is 15.0. The molecule has 144 valence electrons. The first-order valence-electron chi connectivity index (χ1n) is 10.0. The van der Waals surface area contributed by atoms with Crippen LogP contribution in [-0.4, -0.2) is 50.2 Å². The van der Waals surface area contributed by atoms with Gasteiger partial charge in [0.25, 0.3) is 0 Å². The Morgan fingerprint density at radius 1 is 1.15 bits per heavy atom. The van der Waals surface area contributed by atoms with Crippen LogP contribution in [0.3, 0.4) is 0 Å². The molecule has 1 unspecified atom stereocenters. The average Bonchev–Trinajstić information content (AvgIpc) is 2.69. The first kappa shape index (κ1) is 19.3. The number of nitrogens with two attached hydrogens (primary N) is 1. The molecular formula is C21H33N3O2. The molecule has 2 aliphatic rings. The van der Waals surface area contributed by atoms with Gasteiger partial charge in [-0.25, -0.2) is 0 Å².